The Morgan fingerprint density at radius 1 is 1.35 bits per heavy atom. The van der Waals surface area contributed by atoms with E-state index in [2.05, 4.69) is 4.98 Å². The minimum Gasteiger partial charge on any atom is -0.476 e. The van der Waals surface area contributed by atoms with Crippen LogP contribution in [0.3, 0.4) is 0 Å². The molecule has 0 fully saturated rings. The molecule has 0 aliphatic carbocycles. The lowest BCUT2D eigenvalue weighted by Crippen LogP contribution is -2.38. The Bertz CT molecular complexity index is 770. The maximum atomic E-state index is 12.7. The summed E-state index contributed by atoms with van der Waals surface area (Å²) in [5.41, 5.74) is 1.12. The Hall–Kier alpha value is -2.71. The number of aliphatic hydroxyl groups excluding tert-OH is 2. The fourth-order valence-electron chi connectivity index (χ4n) is 2.66. The molecule has 120 valence electrons. The summed E-state index contributed by atoms with van der Waals surface area (Å²) in [4.78, 5) is 29.3. The van der Waals surface area contributed by atoms with Crippen LogP contribution in [0.15, 0.2) is 30.6 Å². The number of carbonyl (C=O) groups is 2. The highest BCUT2D eigenvalue weighted by Crippen LogP contribution is 2.26. The Morgan fingerprint density at radius 2 is 2.09 bits per heavy atom. The van der Waals surface area contributed by atoms with Gasteiger partial charge in [-0.25, -0.2) is 9.78 Å². The molecular weight excluding hydrogens is 302 g/mol. The number of hydrogen-bond acceptors (Lipinski definition) is 5. The van der Waals surface area contributed by atoms with Crippen molar-refractivity contribution in [3.63, 3.8) is 0 Å². The van der Waals surface area contributed by atoms with E-state index in [4.69, 9.17) is 5.11 Å². The zero-order chi connectivity index (χ0) is 16.6. The molecule has 1 atom stereocenters. The van der Waals surface area contributed by atoms with Crippen LogP contribution >= 0.6 is 0 Å². The fraction of sp³-hybridized carbons (Fsp3) is 0.267. The summed E-state index contributed by atoms with van der Waals surface area (Å²) in [5.74, 6) is -1.53. The van der Waals surface area contributed by atoms with Crippen LogP contribution in [0.2, 0.25) is 0 Å². The van der Waals surface area contributed by atoms with Crippen LogP contribution in [0, 0.1) is 0 Å². The van der Waals surface area contributed by atoms with Crippen LogP contribution in [0.4, 0.5) is 0 Å². The van der Waals surface area contributed by atoms with E-state index in [1.165, 1.54) is 11.2 Å². The Balaban J connectivity index is 2.15. The predicted molar refractivity (Wildman–Crippen MR) is 78.4 cm³/mol. The van der Waals surface area contributed by atoms with Gasteiger partial charge in [-0.3, -0.25) is 9.36 Å². The average molecular weight is 317 g/mol. The molecule has 0 saturated carbocycles. The predicted octanol–water partition coefficient (Wildman–Crippen LogP) is -0.121. The number of benzene rings is 1. The first-order valence-electron chi connectivity index (χ1n) is 7.00. The summed E-state index contributed by atoms with van der Waals surface area (Å²) in [6, 6.07) is 6.79. The van der Waals surface area contributed by atoms with E-state index < -0.39 is 18.7 Å². The minimum absolute atomic E-state index is 0.0216. The van der Waals surface area contributed by atoms with Crippen molar-refractivity contribution < 1.29 is 24.9 Å². The number of imidazole rings is 1. The number of fused-ring (bicyclic) bond motifs is 3. The number of amides is 1. The van der Waals surface area contributed by atoms with Gasteiger partial charge < -0.3 is 20.2 Å². The third kappa shape index (κ3) is 2.58. The molecule has 0 saturated heterocycles. The van der Waals surface area contributed by atoms with Crippen molar-refractivity contribution in [2.75, 3.05) is 13.2 Å². The van der Waals surface area contributed by atoms with E-state index in [0.29, 0.717) is 16.9 Å². The van der Waals surface area contributed by atoms with Crippen molar-refractivity contribution in [1.29, 1.82) is 0 Å². The van der Waals surface area contributed by atoms with Crippen LogP contribution < -0.4 is 0 Å². The van der Waals surface area contributed by atoms with Gasteiger partial charge in [-0.1, -0.05) is 12.1 Å². The van der Waals surface area contributed by atoms with Gasteiger partial charge in [0.25, 0.3) is 5.91 Å². The zero-order valence-electron chi connectivity index (χ0n) is 12.1. The molecule has 23 heavy (non-hydrogen) atoms. The molecule has 3 rings (SSSR count). The molecule has 8 nitrogen and oxygen atoms in total. The number of hydrogen-bond donors (Lipinski definition) is 3. The second kappa shape index (κ2) is 5.82. The summed E-state index contributed by atoms with van der Waals surface area (Å²) in [6.45, 7) is -0.614. The van der Waals surface area contributed by atoms with Gasteiger partial charge in [-0.05, 0) is 12.1 Å². The third-order valence-electron chi connectivity index (χ3n) is 3.73. The third-order valence-corrected chi connectivity index (χ3v) is 3.73. The molecule has 1 aliphatic heterocycles. The number of carboxylic acid groups (broad SMARTS) is 1. The van der Waals surface area contributed by atoms with Gasteiger partial charge in [0.05, 0.1) is 36.2 Å². The normalized spacial score (nSPS) is 14.9. The molecule has 0 radical (unpaired) electrons. The molecule has 2 aromatic rings. The van der Waals surface area contributed by atoms with E-state index in [1.54, 1.807) is 28.8 Å². The second-order valence-corrected chi connectivity index (χ2v) is 5.25. The van der Waals surface area contributed by atoms with Crippen LogP contribution in [0.1, 0.15) is 26.5 Å². The molecule has 2 heterocycles. The lowest BCUT2D eigenvalue weighted by atomic mass is 10.1. The van der Waals surface area contributed by atoms with Crippen molar-refractivity contribution in [2.24, 2.45) is 0 Å². The van der Waals surface area contributed by atoms with Gasteiger partial charge >= 0.3 is 5.97 Å². The summed E-state index contributed by atoms with van der Waals surface area (Å²) in [6.07, 6.45) is 0.269. The quantitative estimate of drug-likeness (QED) is 0.724. The van der Waals surface area contributed by atoms with Gasteiger partial charge in [0.2, 0.25) is 0 Å². The smallest absolute Gasteiger partial charge is 0.356 e. The molecule has 8 heteroatoms. The van der Waals surface area contributed by atoms with Gasteiger partial charge in [0.1, 0.15) is 6.33 Å². The van der Waals surface area contributed by atoms with Crippen molar-refractivity contribution in [1.82, 2.24) is 14.5 Å². The standard InChI is InChI=1S/C15H15N3O5/c19-7-9(20)5-17-6-12-13(15(22)23)16-8-18(12)11-4-2-1-3-10(11)14(17)21/h1-4,8-9,19-20H,5-7H2,(H,22,23). The Kier molecular flexibility index (Phi) is 3.85. The van der Waals surface area contributed by atoms with Gasteiger partial charge in [0.15, 0.2) is 5.69 Å². The Morgan fingerprint density at radius 3 is 2.78 bits per heavy atom. The molecule has 1 aliphatic rings. The number of aliphatic hydroxyl groups is 2. The average Bonchev–Trinajstić information content (AvgIpc) is 2.92. The van der Waals surface area contributed by atoms with E-state index in [0.717, 1.165) is 0 Å². The minimum atomic E-state index is -1.19. The number of aromatic nitrogens is 2. The number of carboxylic acids is 1. The van der Waals surface area contributed by atoms with Gasteiger partial charge in [0, 0.05) is 6.54 Å². The zero-order valence-corrected chi connectivity index (χ0v) is 12.1. The lowest BCUT2D eigenvalue weighted by Gasteiger charge is -2.23. The van der Waals surface area contributed by atoms with Crippen molar-refractivity contribution in [3.05, 3.63) is 47.5 Å². The highest BCUT2D eigenvalue weighted by molar-refractivity contribution is 5.99. The number of rotatable bonds is 4. The number of nitrogens with zero attached hydrogens (tertiary/aromatic N) is 3. The molecule has 3 N–H and O–H groups in total. The highest BCUT2D eigenvalue weighted by atomic mass is 16.4. The monoisotopic (exact) mass is 317 g/mol. The molecule has 1 unspecified atom stereocenters. The van der Waals surface area contributed by atoms with Crippen LogP contribution in [-0.4, -0.2) is 60.9 Å². The topological polar surface area (TPSA) is 116 Å². The lowest BCUT2D eigenvalue weighted by molar-refractivity contribution is 0.0438. The SMILES string of the molecule is O=C(O)c1ncn2c1CN(CC(O)CO)C(=O)c1ccccc1-2. The maximum absolute atomic E-state index is 12.7. The molecule has 1 aromatic heterocycles. The summed E-state index contributed by atoms with van der Waals surface area (Å²) in [7, 11) is 0. The first-order chi connectivity index (χ1) is 11.0. The fourth-order valence-corrected chi connectivity index (χ4v) is 2.66. The van der Waals surface area contributed by atoms with Crippen molar-refractivity contribution in [3.8, 4) is 5.69 Å². The summed E-state index contributed by atoms with van der Waals surface area (Å²) < 4.78 is 1.57. The number of aromatic carboxylic acids is 1. The van der Waals surface area contributed by atoms with Crippen LogP contribution in [0.5, 0.6) is 0 Å². The first-order valence-corrected chi connectivity index (χ1v) is 7.00. The largest absolute Gasteiger partial charge is 0.476 e. The van der Waals surface area contributed by atoms with Crippen molar-refractivity contribution >= 4 is 11.9 Å². The van der Waals surface area contributed by atoms with E-state index in [1.807, 2.05) is 0 Å². The highest BCUT2D eigenvalue weighted by Gasteiger charge is 2.30. The molecule has 0 spiro atoms. The number of carbonyl (C=O) groups excluding carboxylic acids is 1. The number of β-amino-alcohol motifs (C(OH)–C–C–N with tert-alkyl or cyclic N) is 1. The maximum Gasteiger partial charge on any atom is 0.356 e. The van der Waals surface area contributed by atoms with E-state index in [-0.39, 0.29) is 24.7 Å². The summed E-state index contributed by atoms with van der Waals surface area (Å²) >= 11 is 0. The summed E-state index contributed by atoms with van der Waals surface area (Å²) in [5, 5.41) is 28.0. The van der Waals surface area contributed by atoms with Crippen LogP contribution in [0.25, 0.3) is 5.69 Å². The van der Waals surface area contributed by atoms with Crippen LogP contribution in [-0.2, 0) is 6.54 Å². The second-order valence-electron chi connectivity index (χ2n) is 5.25. The molecular formula is C15H15N3O5. The molecule has 1 amide bonds. The molecule has 1 aromatic carbocycles. The van der Waals surface area contributed by atoms with Gasteiger partial charge in [-0.2, -0.15) is 0 Å². The first kappa shape index (κ1) is 15.2. The molecule has 0 bridgehead atoms. The van der Waals surface area contributed by atoms with Gasteiger partial charge in [-0.15, -0.1) is 0 Å². The Labute approximate surface area is 131 Å². The van der Waals surface area contributed by atoms with Crippen molar-refractivity contribution in [2.45, 2.75) is 12.6 Å². The van der Waals surface area contributed by atoms with E-state index in [9.17, 15) is 19.8 Å². The van der Waals surface area contributed by atoms with E-state index >= 15 is 0 Å². The number of para-hydroxylation sites is 1.